The minimum Gasteiger partial charge on any atom is -0.458 e. The molecule has 23 heavy (non-hydrogen) atoms. The summed E-state index contributed by atoms with van der Waals surface area (Å²) < 4.78 is 11.9. The largest absolute Gasteiger partial charge is 0.458 e. The van der Waals surface area contributed by atoms with Gasteiger partial charge in [-0.1, -0.05) is 0 Å². The van der Waals surface area contributed by atoms with Gasteiger partial charge in [0.2, 0.25) is 0 Å². The topological polar surface area (TPSA) is 73.3 Å². The summed E-state index contributed by atoms with van der Waals surface area (Å²) in [5.74, 6) is 0.909. The summed E-state index contributed by atoms with van der Waals surface area (Å²) in [5.41, 5.74) is 0.766. The Kier molecular flexibility index (Phi) is 3.57. The van der Waals surface area contributed by atoms with Crippen LogP contribution in [0.15, 0.2) is 30.6 Å². The lowest BCUT2D eigenvalue weighted by molar-refractivity contribution is 0.0192. The van der Waals surface area contributed by atoms with Gasteiger partial charge in [-0.2, -0.15) is 5.10 Å². The average molecular weight is 313 g/mol. The first-order chi connectivity index (χ1) is 11.2. The smallest absolute Gasteiger partial charge is 0.316 e. The Labute approximate surface area is 134 Å². The summed E-state index contributed by atoms with van der Waals surface area (Å²) in [5, 5.41) is 8.41. The highest BCUT2D eigenvalue weighted by Crippen LogP contribution is 2.37. The van der Waals surface area contributed by atoms with Gasteiger partial charge in [0, 0.05) is 31.9 Å². The molecule has 0 bridgehead atoms. The highest BCUT2D eigenvalue weighted by molar-refractivity contribution is 5.40. The number of aromatic nitrogens is 4. The zero-order valence-electron chi connectivity index (χ0n) is 13.1. The molecule has 2 unspecified atom stereocenters. The molecular formula is C16H19N5O2. The fraction of sp³-hybridized carbons (Fsp3) is 0.500. The molecule has 2 aliphatic rings. The predicted octanol–water partition coefficient (Wildman–Crippen LogP) is 1.39. The van der Waals surface area contributed by atoms with E-state index < -0.39 is 0 Å². The molecule has 120 valence electrons. The molecular weight excluding hydrogens is 294 g/mol. The summed E-state index contributed by atoms with van der Waals surface area (Å²) in [4.78, 5) is 10.5. The van der Waals surface area contributed by atoms with E-state index in [9.17, 15) is 0 Å². The third-order valence-corrected chi connectivity index (χ3v) is 4.41. The number of aryl methyl sites for hydroxylation is 1. The second kappa shape index (κ2) is 5.73. The average Bonchev–Trinajstić information content (AvgIpc) is 3.16. The fourth-order valence-corrected chi connectivity index (χ4v) is 3.26. The molecule has 4 heterocycles. The van der Waals surface area contributed by atoms with Gasteiger partial charge in [0.1, 0.15) is 6.10 Å². The highest BCUT2D eigenvalue weighted by atomic mass is 16.6. The van der Waals surface area contributed by atoms with Crippen molar-refractivity contribution in [3.05, 3.63) is 36.3 Å². The lowest BCUT2D eigenvalue weighted by Gasteiger charge is -2.23. The molecule has 7 nitrogen and oxygen atoms in total. The molecule has 2 aromatic rings. The standard InChI is InChI=1S/C16H19N5O2/c1-12-3-4-14(20-19-12)21-8-5-16(11-21)9-13(10-22-16)23-15-17-6-2-7-18-15/h2-4,6-7,13H,5,8-11H2,1H3. The van der Waals surface area contributed by atoms with E-state index in [0.29, 0.717) is 12.6 Å². The van der Waals surface area contributed by atoms with Gasteiger partial charge in [-0.3, -0.25) is 0 Å². The predicted molar refractivity (Wildman–Crippen MR) is 83.3 cm³/mol. The minimum absolute atomic E-state index is 0.00134. The summed E-state index contributed by atoms with van der Waals surface area (Å²) >= 11 is 0. The van der Waals surface area contributed by atoms with Crippen molar-refractivity contribution in [1.82, 2.24) is 20.2 Å². The summed E-state index contributed by atoms with van der Waals surface area (Å²) in [6, 6.07) is 6.19. The molecule has 0 amide bonds. The summed E-state index contributed by atoms with van der Waals surface area (Å²) in [7, 11) is 0. The number of nitrogens with zero attached hydrogens (tertiary/aromatic N) is 5. The molecule has 0 aromatic carbocycles. The first-order valence-electron chi connectivity index (χ1n) is 7.85. The zero-order chi connectivity index (χ0) is 15.7. The normalized spacial score (nSPS) is 26.8. The Balaban J connectivity index is 1.40. The molecule has 0 radical (unpaired) electrons. The molecule has 2 aromatic heterocycles. The number of anilines is 1. The van der Waals surface area contributed by atoms with Crippen LogP contribution in [0, 0.1) is 6.92 Å². The first kappa shape index (κ1) is 14.3. The molecule has 4 rings (SSSR count). The highest BCUT2D eigenvalue weighted by Gasteiger charge is 2.47. The maximum absolute atomic E-state index is 6.09. The van der Waals surface area contributed by atoms with E-state index in [1.807, 2.05) is 19.1 Å². The van der Waals surface area contributed by atoms with Crippen LogP contribution in [0.25, 0.3) is 0 Å². The van der Waals surface area contributed by atoms with Gasteiger partial charge >= 0.3 is 6.01 Å². The fourth-order valence-electron chi connectivity index (χ4n) is 3.26. The van der Waals surface area contributed by atoms with Crippen LogP contribution in [0.4, 0.5) is 5.82 Å². The minimum atomic E-state index is -0.161. The molecule has 0 N–H and O–H groups in total. The van der Waals surface area contributed by atoms with Crippen LogP contribution in [-0.4, -0.2) is 51.6 Å². The van der Waals surface area contributed by atoms with E-state index in [0.717, 1.165) is 37.4 Å². The lowest BCUT2D eigenvalue weighted by atomic mass is 9.98. The van der Waals surface area contributed by atoms with E-state index in [-0.39, 0.29) is 11.7 Å². The van der Waals surface area contributed by atoms with Crippen molar-refractivity contribution in [2.45, 2.75) is 31.5 Å². The SMILES string of the molecule is Cc1ccc(N2CCC3(CC(Oc4ncccn4)CO3)C2)nn1. The Hall–Kier alpha value is -2.28. The third kappa shape index (κ3) is 2.96. The molecule has 7 heteroatoms. The second-order valence-corrected chi connectivity index (χ2v) is 6.17. The second-order valence-electron chi connectivity index (χ2n) is 6.17. The summed E-state index contributed by atoms with van der Waals surface area (Å²) in [6.45, 7) is 4.26. The molecule has 0 aliphatic carbocycles. The lowest BCUT2D eigenvalue weighted by Crippen LogP contribution is -2.33. The van der Waals surface area contributed by atoms with Crippen LogP contribution in [0.2, 0.25) is 0 Å². The van der Waals surface area contributed by atoms with Crippen LogP contribution in [0.5, 0.6) is 6.01 Å². The van der Waals surface area contributed by atoms with Crippen molar-refractivity contribution in [3.8, 4) is 6.01 Å². The molecule has 2 aliphatic heterocycles. The zero-order valence-corrected chi connectivity index (χ0v) is 13.1. The van der Waals surface area contributed by atoms with Gasteiger partial charge < -0.3 is 14.4 Å². The monoisotopic (exact) mass is 313 g/mol. The van der Waals surface area contributed by atoms with E-state index in [1.165, 1.54) is 0 Å². The Morgan fingerprint density at radius 3 is 2.91 bits per heavy atom. The molecule has 2 fully saturated rings. The van der Waals surface area contributed by atoms with Crippen molar-refractivity contribution in [3.63, 3.8) is 0 Å². The van der Waals surface area contributed by atoms with Crippen molar-refractivity contribution >= 4 is 5.82 Å². The maximum atomic E-state index is 6.09. The van der Waals surface area contributed by atoms with Crippen LogP contribution < -0.4 is 9.64 Å². The molecule has 0 saturated carbocycles. The molecule has 2 saturated heterocycles. The van der Waals surface area contributed by atoms with Crippen LogP contribution in [0.1, 0.15) is 18.5 Å². The van der Waals surface area contributed by atoms with E-state index >= 15 is 0 Å². The van der Waals surface area contributed by atoms with Crippen molar-refractivity contribution < 1.29 is 9.47 Å². The van der Waals surface area contributed by atoms with E-state index in [2.05, 4.69) is 25.1 Å². The van der Waals surface area contributed by atoms with Crippen molar-refractivity contribution in [2.75, 3.05) is 24.6 Å². The van der Waals surface area contributed by atoms with Crippen molar-refractivity contribution in [2.24, 2.45) is 0 Å². The van der Waals surface area contributed by atoms with Gasteiger partial charge in [0.15, 0.2) is 5.82 Å². The van der Waals surface area contributed by atoms with Crippen LogP contribution in [0.3, 0.4) is 0 Å². The van der Waals surface area contributed by atoms with Gasteiger partial charge in [-0.25, -0.2) is 9.97 Å². The quantitative estimate of drug-likeness (QED) is 0.847. The van der Waals surface area contributed by atoms with Gasteiger partial charge in [-0.05, 0) is 31.5 Å². The Morgan fingerprint density at radius 1 is 1.26 bits per heavy atom. The van der Waals surface area contributed by atoms with Crippen molar-refractivity contribution in [1.29, 1.82) is 0 Å². The third-order valence-electron chi connectivity index (χ3n) is 4.41. The maximum Gasteiger partial charge on any atom is 0.316 e. The molecule has 2 atom stereocenters. The number of hydrogen-bond donors (Lipinski definition) is 0. The Bertz CT molecular complexity index is 666. The first-order valence-corrected chi connectivity index (χ1v) is 7.85. The van der Waals surface area contributed by atoms with E-state index in [1.54, 1.807) is 18.5 Å². The van der Waals surface area contributed by atoms with Crippen LogP contribution >= 0.6 is 0 Å². The van der Waals surface area contributed by atoms with E-state index in [4.69, 9.17) is 9.47 Å². The Morgan fingerprint density at radius 2 is 2.13 bits per heavy atom. The van der Waals surface area contributed by atoms with Gasteiger partial charge in [0.05, 0.1) is 17.9 Å². The molecule has 1 spiro atoms. The number of rotatable bonds is 3. The van der Waals surface area contributed by atoms with Crippen LogP contribution in [-0.2, 0) is 4.74 Å². The number of hydrogen-bond acceptors (Lipinski definition) is 7. The van der Waals surface area contributed by atoms with Gasteiger partial charge in [0.25, 0.3) is 0 Å². The van der Waals surface area contributed by atoms with Gasteiger partial charge in [-0.15, -0.1) is 5.10 Å². The summed E-state index contributed by atoms with van der Waals surface area (Å²) in [6.07, 6.45) is 5.18. The number of ether oxygens (including phenoxy) is 2.